The molecule has 1 aromatic heterocycles. The average molecular weight is 428 g/mol. The van der Waals surface area contributed by atoms with Crippen LogP contribution in [0.5, 0.6) is 11.5 Å². The molecule has 2 heterocycles. The maximum Gasteiger partial charge on any atom is 0.298 e. The van der Waals surface area contributed by atoms with Gasteiger partial charge in [0.15, 0.2) is 22.5 Å². The van der Waals surface area contributed by atoms with Gasteiger partial charge in [0, 0.05) is 24.3 Å². The molecule has 0 saturated carbocycles. The van der Waals surface area contributed by atoms with E-state index >= 15 is 0 Å². The van der Waals surface area contributed by atoms with Gasteiger partial charge in [0.25, 0.3) is 5.56 Å². The Bertz CT molecular complexity index is 1100. The average Bonchev–Trinajstić information content (AvgIpc) is 2.80. The molecule has 0 unspecified atom stereocenters. The lowest BCUT2D eigenvalue weighted by Crippen LogP contribution is -2.41. The Morgan fingerprint density at radius 3 is 2.37 bits per heavy atom. The Labute approximate surface area is 179 Å². The molecular weight excluding hydrogens is 406 g/mol. The van der Waals surface area contributed by atoms with Crippen LogP contribution in [0.4, 0.5) is 5.82 Å². The SMILES string of the molecule is COc1ccc(-c2c(Cl)nc(N3CCOCC3)c(=O)n2-c2ccccc2)cc1OC. The highest BCUT2D eigenvalue weighted by atomic mass is 35.5. The molecule has 0 N–H and O–H groups in total. The standard InChI is InChI=1S/C22H22ClN3O4/c1-28-17-9-8-15(14-18(17)29-2)19-20(23)24-21(25-10-12-30-13-11-25)22(27)26(19)16-6-4-3-5-7-16/h3-9,14H,10-13H2,1-2H3. The molecule has 3 aromatic rings. The minimum absolute atomic E-state index is 0.229. The minimum Gasteiger partial charge on any atom is -0.493 e. The Kier molecular flexibility index (Phi) is 5.92. The number of nitrogens with zero attached hydrogens (tertiary/aromatic N) is 3. The Morgan fingerprint density at radius 2 is 1.70 bits per heavy atom. The van der Waals surface area contributed by atoms with Gasteiger partial charge >= 0.3 is 0 Å². The molecule has 1 aliphatic heterocycles. The number of methoxy groups -OCH3 is 2. The van der Waals surface area contributed by atoms with Crippen molar-refractivity contribution in [1.82, 2.24) is 9.55 Å². The number of halogens is 1. The lowest BCUT2D eigenvalue weighted by atomic mass is 10.1. The van der Waals surface area contributed by atoms with E-state index in [0.717, 1.165) is 0 Å². The summed E-state index contributed by atoms with van der Waals surface area (Å²) in [5.74, 6) is 1.44. The largest absolute Gasteiger partial charge is 0.493 e. The van der Waals surface area contributed by atoms with Crippen LogP contribution < -0.4 is 19.9 Å². The third-order valence-electron chi connectivity index (χ3n) is 5.00. The third-order valence-corrected chi connectivity index (χ3v) is 5.26. The second-order valence-electron chi connectivity index (χ2n) is 6.72. The van der Waals surface area contributed by atoms with Crippen LogP contribution in [0.1, 0.15) is 0 Å². The first kappa shape index (κ1) is 20.3. The predicted octanol–water partition coefficient (Wildman–Crippen LogP) is 3.41. The van der Waals surface area contributed by atoms with Crippen LogP contribution in [0.15, 0.2) is 53.3 Å². The van der Waals surface area contributed by atoms with E-state index < -0.39 is 0 Å². The van der Waals surface area contributed by atoms with Gasteiger partial charge in [0.1, 0.15) is 0 Å². The first-order chi connectivity index (χ1) is 14.6. The summed E-state index contributed by atoms with van der Waals surface area (Å²) in [4.78, 5) is 20.0. The highest BCUT2D eigenvalue weighted by Gasteiger charge is 2.24. The number of hydrogen-bond donors (Lipinski definition) is 0. The fraction of sp³-hybridized carbons (Fsp3) is 0.273. The van der Waals surface area contributed by atoms with Crippen molar-refractivity contribution in [3.63, 3.8) is 0 Å². The van der Waals surface area contributed by atoms with Gasteiger partial charge in [0.2, 0.25) is 0 Å². The van der Waals surface area contributed by atoms with Crippen molar-refractivity contribution in [3.8, 4) is 28.4 Å². The van der Waals surface area contributed by atoms with Gasteiger partial charge in [-0.1, -0.05) is 29.8 Å². The number of morpholine rings is 1. The molecule has 0 bridgehead atoms. The number of aromatic nitrogens is 2. The smallest absolute Gasteiger partial charge is 0.298 e. The van der Waals surface area contributed by atoms with E-state index in [-0.39, 0.29) is 10.7 Å². The van der Waals surface area contributed by atoms with Crippen LogP contribution >= 0.6 is 11.6 Å². The molecule has 7 nitrogen and oxygen atoms in total. The van der Waals surface area contributed by atoms with Crippen molar-refractivity contribution in [2.24, 2.45) is 0 Å². The molecule has 156 valence electrons. The second kappa shape index (κ2) is 8.77. The number of ether oxygens (including phenoxy) is 3. The summed E-state index contributed by atoms with van der Waals surface area (Å²) in [5, 5.41) is 0.229. The summed E-state index contributed by atoms with van der Waals surface area (Å²) in [6.45, 7) is 2.26. The van der Waals surface area contributed by atoms with Gasteiger partial charge in [-0.3, -0.25) is 9.36 Å². The minimum atomic E-state index is -0.239. The highest BCUT2D eigenvalue weighted by molar-refractivity contribution is 6.32. The van der Waals surface area contributed by atoms with E-state index in [4.69, 9.17) is 25.8 Å². The Balaban J connectivity index is 1.97. The lowest BCUT2D eigenvalue weighted by Gasteiger charge is -2.28. The van der Waals surface area contributed by atoms with Crippen LogP contribution in [-0.2, 0) is 4.74 Å². The number of hydrogen-bond acceptors (Lipinski definition) is 6. The molecular formula is C22H22ClN3O4. The number of para-hydroxylation sites is 1. The van der Waals surface area contributed by atoms with Crippen molar-refractivity contribution in [2.75, 3.05) is 45.4 Å². The van der Waals surface area contributed by atoms with E-state index in [2.05, 4.69) is 4.98 Å². The zero-order valence-electron chi connectivity index (χ0n) is 16.8. The number of anilines is 1. The summed E-state index contributed by atoms with van der Waals surface area (Å²) in [6, 6.07) is 14.8. The van der Waals surface area contributed by atoms with Crippen LogP contribution in [0.3, 0.4) is 0 Å². The molecule has 4 rings (SSSR count). The molecule has 30 heavy (non-hydrogen) atoms. The molecule has 2 aromatic carbocycles. The fourth-order valence-electron chi connectivity index (χ4n) is 3.52. The summed E-state index contributed by atoms with van der Waals surface area (Å²) in [6.07, 6.45) is 0. The molecule has 1 saturated heterocycles. The molecule has 0 spiro atoms. The quantitative estimate of drug-likeness (QED) is 0.621. The van der Waals surface area contributed by atoms with Crippen LogP contribution in [0.2, 0.25) is 5.15 Å². The molecule has 0 atom stereocenters. The Morgan fingerprint density at radius 1 is 1.00 bits per heavy atom. The Hall–Kier alpha value is -3.03. The fourth-order valence-corrected chi connectivity index (χ4v) is 3.80. The predicted molar refractivity (Wildman–Crippen MR) is 116 cm³/mol. The van der Waals surface area contributed by atoms with E-state index in [9.17, 15) is 4.79 Å². The summed E-state index contributed by atoms with van der Waals surface area (Å²) >= 11 is 6.68. The van der Waals surface area contributed by atoms with E-state index in [1.54, 1.807) is 30.9 Å². The molecule has 8 heteroatoms. The molecule has 0 aliphatic carbocycles. The van der Waals surface area contributed by atoms with Gasteiger partial charge < -0.3 is 19.1 Å². The van der Waals surface area contributed by atoms with Crippen molar-refractivity contribution in [2.45, 2.75) is 0 Å². The van der Waals surface area contributed by atoms with Crippen molar-refractivity contribution in [1.29, 1.82) is 0 Å². The first-order valence-electron chi connectivity index (χ1n) is 9.57. The maximum absolute atomic E-state index is 13.6. The molecule has 0 amide bonds. The molecule has 1 aliphatic rings. The van der Waals surface area contributed by atoms with E-state index in [0.29, 0.717) is 60.6 Å². The maximum atomic E-state index is 13.6. The highest BCUT2D eigenvalue weighted by Crippen LogP contribution is 2.35. The van der Waals surface area contributed by atoms with Crippen molar-refractivity contribution < 1.29 is 14.2 Å². The monoisotopic (exact) mass is 427 g/mol. The topological polar surface area (TPSA) is 65.8 Å². The van der Waals surface area contributed by atoms with Crippen LogP contribution in [0.25, 0.3) is 16.9 Å². The van der Waals surface area contributed by atoms with Crippen LogP contribution in [-0.4, -0.2) is 50.1 Å². The van der Waals surface area contributed by atoms with Gasteiger partial charge in [-0.05, 0) is 30.3 Å². The summed E-state index contributed by atoms with van der Waals surface area (Å²) in [5.41, 5.74) is 1.65. The summed E-state index contributed by atoms with van der Waals surface area (Å²) < 4.78 is 17.8. The van der Waals surface area contributed by atoms with Crippen molar-refractivity contribution in [3.05, 3.63) is 64.0 Å². The van der Waals surface area contributed by atoms with Gasteiger partial charge in [-0.2, -0.15) is 0 Å². The molecule has 1 fully saturated rings. The van der Waals surface area contributed by atoms with Crippen molar-refractivity contribution >= 4 is 17.4 Å². The first-order valence-corrected chi connectivity index (χ1v) is 9.95. The van der Waals surface area contributed by atoms with Gasteiger partial charge in [-0.25, -0.2) is 4.98 Å². The second-order valence-corrected chi connectivity index (χ2v) is 7.08. The van der Waals surface area contributed by atoms with Crippen LogP contribution in [0, 0.1) is 0 Å². The molecule has 0 radical (unpaired) electrons. The number of rotatable bonds is 5. The lowest BCUT2D eigenvalue weighted by molar-refractivity contribution is 0.122. The number of benzene rings is 2. The zero-order valence-corrected chi connectivity index (χ0v) is 17.6. The van der Waals surface area contributed by atoms with E-state index in [1.807, 2.05) is 41.3 Å². The zero-order chi connectivity index (χ0) is 21.1. The normalized spacial score (nSPS) is 13.9. The summed E-state index contributed by atoms with van der Waals surface area (Å²) in [7, 11) is 3.14. The van der Waals surface area contributed by atoms with Gasteiger partial charge in [-0.15, -0.1) is 0 Å². The third kappa shape index (κ3) is 3.74. The van der Waals surface area contributed by atoms with E-state index in [1.165, 1.54) is 0 Å². The van der Waals surface area contributed by atoms with Gasteiger partial charge in [0.05, 0.1) is 33.1 Å².